The number of carbonyl (C=O) groups is 1. The molecule has 0 atom stereocenters. The molecule has 0 aromatic heterocycles. The summed E-state index contributed by atoms with van der Waals surface area (Å²) >= 11 is 0. The standard InChI is InChI=1S/C10H15NO2/c1-5-10(3,4)11-7-8(2)6-9(12)13/h1,6,11H,7H2,2-4H3,(H,12,13). The number of hydrogen-bond acceptors (Lipinski definition) is 2. The molecule has 0 spiro atoms. The molecule has 0 fully saturated rings. The van der Waals surface area contributed by atoms with Gasteiger partial charge in [-0.15, -0.1) is 6.42 Å². The monoisotopic (exact) mass is 181 g/mol. The molecule has 0 saturated heterocycles. The van der Waals surface area contributed by atoms with Crippen LogP contribution in [0.3, 0.4) is 0 Å². The smallest absolute Gasteiger partial charge is 0.328 e. The first kappa shape index (κ1) is 11.7. The Labute approximate surface area is 78.8 Å². The maximum absolute atomic E-state index is 10.3. The highest BCUT2D eigenvalue weighted by Crippen LogP contribution is 2.00. The Morgan fingerprint density at radius 2 is 2.23 bits per heavy atom. The second-order valence-corrected chi connectivity index (χ2v) is 3.45. The lowest BCUT2D eigenvalue weighted by atomic mass is 10.1. The molecule has 13 heavy (non-hydrogen) atoms. The van der Waals surface area contributed by atoms with Crippen LogP contribution in [-0.4, -0.2) is 23.2 Å². The van der Waals surface area contributed by atoms with Gasteiger partial charge >= 0.3 is 5.97 Å². The average molecular weight is 181 g/mol. The van der Waals surface area contributed by atoms with Gasteiger partial charge < -0.3 is 5.11 Å². The van der Waals surface area contributed by atoms with E-state index in [1.807, 2.05) is 13.8 Å². The quantitative estimate of drug-likeness (QED) is 0.503. The lowest BCUT2D eigenvalue weighted by Gasteiger charge is -2.19. The van der Waals surface area contributed by atoms with Crippen LogP contribution >= 0.6 is 0 Å². The Morgan fingerprint density at radius 3 is 2.62 bits per heavy atom. The topological polar surface area (TPSA) is 49.3 Å². The fourth-order valence-corrected chi connectivity index (χ4v) is 0.673. The van der Waals surface area contributed by atoms with Gasteiger partial charge in [0, 0.05) is 12.6 Å². The van der Waals surface area contributed by atoms with Gasteiger partial charge in [-0.05, 0) is 20.8 Å². The molecule has 0 aliphatic rings. The first-order valence-electron chi connectivity index (χ1n) is 4.00. The Balaban J connectivity index is 4.06. The van der Waals surface area contributed by atoms with Crippen LogP contribution in [0.4, 0.5) is 0 Å². The van der Waals surface area contributed by atoms with Gasteiger partial charge in [0.2, 0.25) is 0 Å². The van der Waals surface area contributed by atoms with Gasteiger partial charge in [-0.2, -0.15) is 0 Å². The summed E-state index contributed by atoms with van der Waals surface area (Å²) in [5.41, 5.74) is 0.351. The van der Waals surface area contributed by atoms with E-state index in [0.29, 0.717) is 6.54 Å². The number of carboxylic acid groups (broad SMARTS) is 1. The molecule has 0 aliphatic heterocycles. The Bertz CT molecular complexity index is 259. The zero-order valence-corrected chi connectivity index (χ0v) is 8.22. The summed E-state index contributed by atoms with van der Waals surface area (Å²) in [5.74, 6) is 1.63. The van der Waals surface area contributed by atoms with Crippen molar-refractivity contribution in [3.63, 3.8) is 0 Å². The van der Waals surface area contributed by atoms with E-state index in [1.54, 1.807) is 6.92 Å². The number of rotatable bonds is 4. The summed E-state index contributed by atoms with van der Waals surface area (Å²) < 4.78 is 0. The minimum Gasteiger partial charge on any atom is -0.478 e. The molecular weight excluding hydrogens is 166 g/mol. The molecule has 0 rings (SSSR count). The third-order valence-corrected chi connectivity index (χ3v) is 1.54. The van der Waals surface area contributed by atoms with Crippen LogP contribution < -0.4 is 5.32 Å². The fourth-order valence-electron chi connectivity index (χ4n) is 0.673. The summed E-state index contributed by atoms with van der Waals surface area (Å²) in [6.07, 6.45) is 6.41. The van der Waals surface area contributed by atoms with Gasteiger partial charge in [0.05, 0.1) is 5.54 Å². The second-order valence-electron chi connectivity index (χ2n) is 3.45. The number of aliphatic carboxylic acids is 1. The largest absolute Gasteiger partial charge is 0.478 e. The molecule has 3 heteroatoms. The van der Waals surface area contributed by atoms with Crippen LogP contribution in [0.1, 0.15) is 20.8 Å². The molecule has 0 aromatic carbocycles. The van der Waals surface area contributed by atoms with Crippen molar-refractivity contribution in [3.05, 3.63) is 11.6 Å². The minimum atomic E-state index is -0.933. The number of hydrogen-bond donors (Lipinski definition) is 2. The summed E-state index contributed by atoms with van der Waals surface area (Å²) in [6, 6.07) is 0. The van der Waals surface area contributed by atoms with E-state index >= 15 is 0 Å². The van der Waals surface area contributed by atoms with E-state index in [2.05, 4.69) is 11.2 Å². The third-order valence-electron chi connectivity index (χ3n) is 1.54. The molecule has 0 aliphatic carbocycles. The SMILES string of the molecule is C#CC(C)(C)NCC(C)=CC(=O)O. The molecule has 0 aromatic rings. The Hall–Kier alpha value is -1.27. The average Bonchev–Trinajstić information content (AvgIpc) is 2.00. The van der Waals surface area contributed by atoms with Crippen LogP contribution in [0.5, 0.6) is 0 Å². The first-order valence-corrected chi connectivity index (χ1v) is 4.00. The fraction of sp³-hybridized carbons (Fsp3) is 0.500. The van der Waals surface area contributed by atoms with Crippen molar-refractivity contribution in [2.75, 3.05) is 6.54 Å². The first-order chi connectivity index (χ1) is 5.87. The Morgan fingerprint density at radius 1 is 1.69 bits per heavy atom. The summed E-state index contributed by atoms with van der Waals surface area (Å²) in [7, 11) is 0. The van der Waals surface area contributed by atoms with Crippen LogP contribution in [0, 0.1) is 12.3 Å². The van der Waals surface area contributed by atoms with Crippen LogP contribution in [0.2, 0.25) is 0 Å². The molecule has 72 valence electrons. The minimum absolute atomic E-state index is 0.395. The summed E-state index contributed by atoms with van der Waals surface area (Å²) in [4.78, 5) is 10.3. The number of carboxylic acids is 1. The van der Waals surface area contributed by atoms with Gasteiger partial charge in [-0.1, -0.05) is 11.5 Å². The van der Waals surface area contributed by atoms with Crippen molar-refractivity contribution in [2.45, 2.75) is 26.3 Å². The van der Waals surface area contributed by atoms with E-state index in [1.165, 1.54) is 6.08 Å². The number of terminal acetylenes is 1. The predicted octanol–water partition coefficient (Wildman–Crippen LogP) is 1.02. The highest BCUT2D eigenvalue weighted by atomic mass is 16.4. The van der Waals surface area contributed by atoms with Crippen molar-refractivity contribution >= 4 is 5.97 Å². The molecule has 0 amide bonds. The van der Waals surface area contributed by atoms with Crippen molar-refractivity contribution in [3.8, 4) is 12.3 Å². The van der Waals surface area contributed by atoms with Crippen LogP contribution in [0.15, 0.2) is 11.6 Å². The maximum atomic E-state index is 10.3. The molecule has 0 radical (unpaired) electrons. The van der Waals surface area contributed by atoms with Gasteiger partial charge in [0.15, 0.2) is 0 Å². The number of nitrogens with one attached hydrogen (secondary N) is 1. The van der Waals surface area contributed by atoms with Gasteiger partial charge in [0.1, 0.15) is 0 Å². The van der Waals surface area contributed by atoms with Crippen molar-refractivity contribution in [1.29, 1.82) is 0 Å². The Kier molecular flexibility index (Phi) is 4.22. The zero-order chi connectivity index (χ0) is 10.5. The lowest BCUT2D eigenvalue weighted by molar-refractivity contribution is -0.131. The van der Waals surface area contributed by atoms with Crippen LogP contribution in [0.25, 0.3) is 0 Å². The molecule has 3 nitrogen and oxygen atoms in total. The molecule has 2 N–H and O–H groups in total. The van der Waals surface area contributed by atoms with E-state index in [0.717, 1.165) is 5.57 Å². The molecule has 0 bridgehead atoms. The van der Waals surface area contributed by atoms with Crippen molar-refractivity contribution in [2.24, 2.45) is 0 Å². The van der Waals surface area contributed by atoms with Gasteiger partial charge in [-0.25, -0.2) is 4.79 Å². The molecule has 0 unspecified atom stereocenters. The summed E-state index contributed by atoms with van der Waals surface area (Å²) in [5, 5.41) is 11.5. The van der Waals surface area contributed by atoms with Gasteiger partial charge in [0.25, 0.3) is 0 Å². The predicted molar refractivity (Wildman–Crippen MR) is 52.3 cm³/mol. The van der Waals surface area contributed by atoms with E-state index < -0.39 is 11.5 Å². The van der Waals surface area contributed by atoms with Crippen molar-refractivity contribution in [1.82, 2.24) is 5.32 Å². The van der Waals surface area contributed by atoms with E-state index in [9.17, 15) is 4.79 Å². The second kappa shape index (κ2) is 4.68. The van der Waals surface area contributed by atoms with Crippen molar-refractivity contribution < 1.29 is 9.90 Å². The van der Waals surface area contributed by atoms with Gasteiger partial charge in [-0.3, -0.25) is 5.32 Å². The van der Waals surface area contributed by atoms with E-state index in [4.69, 9.17) is 11.5 Å². The third kappa shape index (κ3) is 5.94. The molecular formula is C10H15NO2. The highest BCUT2D eigenvalue weighted by molar-refractivity contribution is 5.80. The molecule has 0 saturated carbocycles. The lowest BCUT2D eigenvalue weighted by Crippen LogP contribution is -2.38. The molecule has 0 heterocycles. The highest BCUT2D eigenvalue weighted by Gasteiger charge is 2.11. The normalized spacial score (nSPS) is 12.3. The maximum Gasteiger partial charge on any atom is 0.328 e. The summed E-state index contributed by atoms with van der Waals surface area (Å²) in [6.45, 7) is 5.96. The van der Waals surface area contributed by atoms with E-state index in [-0.39, 0.29) is 0 Å². The zero-order valence-electron chi connectivity index (χ0n) is 8.22. The van der Waals surface area contributed by atoms with Crippen LogP contribution in [-0.2, 0) is 4.79 Å².